The van der Waals surface area contributed by atoms with Crippen LogP contribution in [0.5, 0.6) is 0 Å². The van der Waals surface area contributed by atoms with Crippen LogP contribution >= 0.6 is 12.2 Å². The van der Waals surface area contributed by atoms with E-state index in [1.807, 2.05) is 9.25 Å². The number of aliphatic hydroxyl groups is 1. The fourth-order valence-corrected chi connectivity index (χ4v) is 3.81. The number of rotatable bonds is 7. The first kappa shape index (κ1) is 17.3. The highest BCUT2D eigenvalue weighted by atomic mass is 32.1. The Labute approximate surface area is 148 Å². The molecule has 1 atom stereocenters. The molecule has 24 heavy (non-hydrogen) atoms. The van der Waals surface area contributed by atoms with Gasteiger partial charge in [-0.2, -0.15) is 5.10 Å². The minimum atomic E-state index is -0.0654. The van der Waals surface area contributed by atoms with E-state index in [0.717, 1.165) is 25.9 Å². The van der Waals surface area contributed by atoms with Crippen LogP contribution in [-0.2, 0) is 26.2 Å². The van der Waals surface area contributed by atoms with Crippen LogP contribution in [0.3, 0.4) is 0 Å². The fraction of sp³-hybridized carbons (Fsp3) is 0.556. The quantitative estimate of drug-likeness (QED) is 0.783. The molecule has 0 aliphatic carbocycles. The van der Waals surface area contributed by atoms with Crippen LogP contribution in [-0.4, -0.2) is 36.9 Å². The summed E-state index contributed by atoms with van der Waals surface area (Å²) in [5.41, 5.74) is 1.38. The van der Waals surface area contributed by atoms with Gasteiger partial charge < -0.3 is 9.67 Å². The number of aliphatic hydroxyl groups excluding tert-OH is 1. The molecule has 1 aliphatic rings. The van der Waals surface area contributed by atoms with Gasteiger partial charge in [0.25, 0.3) is 0 Å². The van der Waals surface area contributed by atoms with Crippen molar-refractivity contribution < 1.29 is 5.11 Å². The normalized spacial score (nSPS) is 18.3. The molecule has 0 bridgehead atoms. The summed E-state index contributed by atoms with van der Waals surface area (Å²) in [5, 5.41) is 14.1. The largest absolute Gasteiger partial charge is 0.388 e. The van der Waals surface area contributed by atoms with Gasteiger partial charge in [-0.1, -0.05) is 37.3 Å². The van der Waals surface area contributed by atoms with E-state index in [4.69, 9.17) is 12.2 Å². The fourth-order valence-electron chi connectivity index (χ4n) is 3.51. The van der Waals surface area contributed by atoms with Crippen LogP contribution in [0, 0.1) is 4.77 Å². The maximum atomic E-state index is 9.53. The van der Waals surface area contributed by atoms with Gasteiger partial charge in [0.15, 0.2) is 10.6 Å². The lowest BCUT2D eigenvalue weighted by Crippen LogP contribution is -2.33. The molecule has 1 saturated heterocycles. The standard InChI is InChI=1S/C18H26N4OS/c1-2-10-21-17(13-23)19-22(18(21)24)14-20-11-6-9-16(20)12-15-7-4-3-5-8-15/h3-5,7-8,16,23H,2,6,9-14H2,1H3. The Hall–Kier alpha value is -1.50. The average Bonchev–Trinajstić information content (AvgIpc) is 3.15. The second-order valence-electron chi connectivity index (χ2n) is 6.45. The molecule has 1 fully saturated rings. The lowest BCUT2D eigenvalue weighted by molar-refractivity contribution is 0.186. The van der Waals surface area contributed by atoms with E-state index >= 15 is 0 Å². The summed E-state index contributed by atoms with van der Waals surface area (Å²) in [6, 6.07) is 11.2. The summed E-state index contributed by atoms with van der Waals surface area (Å²) in [4.78, 5) is 2.47. The second-order valence-corrected chi connectivity index (χ2v) is 6.81. The van der Waals surface area contributed by atoms with E-state index in [-0.39, 0.29) is 6.61 Å². The highest BCUT2D eigenvalue weighted by Gasteiger charge is 2.25. The van der Waals surface area contributed by atoms with Crippen LogP contribution in [0.1, 0.15) is 37.6 Å². The Balaban J connectivity index is 1.74. The van der Waals surface area contributed by atoms with Gasteiger partial charge in [-0.05, 0) is 43.5 Å². The molecule has 3 rings (SSSR count). The number of benzene rings is 1. The third-order valence-electron chi connectivity index (χ3n) is 4.72. The van der Waals surface area contributed by atoms with Crippen LogP contribution in [0.4, 0.5) is 0 Å². The monoisotopic (exact) mass is 346 g/mol. The molecular formula is C18H26N4OS. The zero-order chi connectivity index (χ0) is 16.9. The molecule has 0 saturated carbocycles. The number of likely N-dealkylation sites (tertiary alicyclic amines) is 1. The summed E-state index contributed by atoms with van der Waals surface area (Å²) in [7, 11) is 0. The van der Waals surface area contributed by atoms with Crippen molar-refractivity contribution in [2.45, 2.75) is 58.5 Å². The number of nitrogens with zero attached hydrogens (tertiary/aromatic N) is 4. The highest BCUT2D eigenvalue weighted by molar-refractivity contribution is 7.71. The smallest absolute Gasteiger partial charge is 0.199 e. The summed E-state index contributed by atoms with van der Waals surface area (Å²) < 4.78 is 4.54. The maximum absolute atomic E-state index is 9.53. The Morgan fingerprint density at radius 1 is 1.29 bits per heavy atom. The lowest BCUT2D eigenvalue weighted by Gasteiger charge is -2.24. The number of aromatic nitrogens is 3. The van der Waals surface area contributed by atoms with Crippen molar-refractivity contribution in [3.63, 3.8) is 0 Å². The Morgan fingerprint density at radius 3 is 2.79 bits per heavy atom. The second kappa shape index (κ2) is 8.05. The minimum Gasteiger partial charge on any atom is -0.388 e. The molecule has 1 unspecified atom stereocenters. The summed E-state index contributed by atoms with van der Waals surface area (Å²) in [6.45, 7) is 4.64. The van der Waals surface area contributed by atoms with Crippen molar-refractivity contribution in [3.05, 3.63) is 46.5 Å². The predicted molar refractivity (Wildman–Crippen MR) is 97.1 cm³/mol. The average molecular weight is 346 g/mol. The van der Waals surface area contributed by atoms with Crippen molar-refractivity contribution in [1.29, 1.82) is 0 Å². The van der Waals surface area contributed by atoms with Crippen LogP contribution in [0.15, 0.2) is 30.3 Å². The number of hydrogen-bond donors (Lipinski definition) is 1. The Bertz CT molecular complexity index is 710. The molecule has 1 aliphatic heterocycles. The van der Waals surface area contributed by atoms with Gasteiger partial charge in [-0.25, -0.2) is 4.68 Å². The highest BCUT2D eigenvalue weighted by Crippen LogP contribution is 2.22. The van der Waals surface area contributed by atoms with Crippen LogP contribution in [0.2, 0.25) is 0 Å². The van der Waals surface area contributed by atoms with Gasteiger partial charge in [-0.15, -0.1) is 0 Å². The van der Waals surface area contributed by atoms with E-state index < -0.39 is 0 Å². The summed E-state index contributed by atoms with van der Waals surface area (Å²) >= 11 is 5.57. The summed E-state index contributed by atoms with van der Waals surface area (Å²) in [5.74, 6) is 0.667. The van der Waals surface area contributed by atoms with Crippen LogP contribution in [0.25, 0.3) is 0 Å². The van der Waals surface area contributed by atoms with E-state index in [9.17, 15) is 5.11 Å². The zero-order valence-electron chi connectivity index (χ0n) is 14.3. The molecule has 6 heteroatoms. The van der Waals surface area contributed by atoms with Gasteiger partial charge >= 0.3 is 0 Å². The van der Waals surface area contributed by atoms with Gasteiger partial charge in [0.1, 0.15) is 6.61 Å². The van der Waals surface area contributed by atoms with Gasteiger partial charge in [0, 0.05) is 19.1 Å². The van der Waals surface area contributed by atoms with Crippen LogP contribution < -0.4 is 0 Å². The lowest BCUT2D eigenvalue weighted by atomic mass is 10.0. The van der Waals surface area contributed by atoms with E-state index in [1.165, 1.54) is 18.4 Å². The molecule has 130 valence electrons. The Kier molecular flexibility index (Phi) is 5.81. The van der Waals surface area contributed by atoms with Crippen molar-refractivity contribution in [1.82, 2.24) is 19.2 Å². The first-order valence-electron chi connectivity index (χ1n) is 8.78. The van der Waals surface area contributed by atoms with E-state index in [0.29, 0.717) is 23.3 Å². The molecule has 5 nitrogen and oxygen atoms in total. The molecule has 0 spiro atoms. The van der Waals surface area contributed by atoms with Gasteiger partial charge in [-0.3, -0.25) is 4.90 Å². The molecule has 1 aromatic carbocycles. The molecule has 1 N–H and O–H groups in total. The molecule has 1 aromatic heterocycles. The predicted octanol–water partition coefficient (Wildman–Crippen LogP) is 2.98. The number of hydrogen-bond acceptors (Lipinski definition) is 4. The molecular weight excluding hydrogens is 320 g/mol. The first-order valence-corrected chi connectivity index (χ1v) is 9.19. The van der Waals surface area contributed by atoms with Gasteiger partial charge in [0.05, 0.1) is 6.67 Å². The molecule has 0 radical (unpaired) electrons. The molecule has 2 aromatic rings. The summed E-state index contributed by atoms with van der Waals surface area (Å²) in [6.07, 6.45) is 4.47. The van der Waals surface area contributed by atoms with Crippen molar-refractivity contribution in [3.8, 4) is 0 Å². The maximum Gasteiger partial charge on any atom is 0.199 e. The van der Waals surface area contributed by atoms with Crippen molar-refractivity contribution in [2.24, 2.45) is 0 Å². The topological polar surface area (TPSA) is 46.2 Å². The van der Waals surface area contributed by atoms with Crippen molar-refractivity contribution >= 4 is 12.2 Å². The third kappa shape index (κ3) is 3.77. The van der Waals surface area contributed by atoms with E-state index in [1.54, 1.807) is 0 Å². The third-order valence-corrected chi connectivity index (χ3v) is 5.15. The Morgan fingerprint density at radius 2 is 2.08 bits per heavy atom. The SMILES string of the molecule is CCCn1c(CO)nn(CN2CCCC2Cc2ccccc2)c1=S. The zero-order valence-corrected chi connectivity index (χ0v) is 15.1. The molecule has 2 heterocycles. The van der Waals surface area contributed by atoms with E-state index in [2.05, 4.69) is 47.3 Å². The molecule has 0 amide bonds. The first-order chi connectivity index (χ1) is 11.7. The minimum absolute atomic E-state index is 0.0654. The van der Waals surface area contributed by atoms with Crippen molar-refractivity contribution in [2.75, 3.05) is 6.54 Å². The van der Waals surface area contributed by atoms with Gasteiger partial charge in [0.2, 0.25) is 0 Å².